The van der Waals surface area contributed by atoms with Gasteiger partial charge in [0.05, 0.1) is 12.2 Å². The van der Waals surface area contributed by atoms with Crippen molar-refractivity contribution in [2.24, 2.45) is 0 Å². The second kappa shape index (κ2) is 8.86. The lowest BCUT2D eigenvalue weighted by molar-refractivity contribution is -0.231. The number of carbonyl (C=O) groups is 1. The van der Waals surface area contributed by atoms with Crippen molar-refractivity contribution in [1.82, 2.24) is 0 Å². The van der Waals surface area contributed by atoms with E-state index >= 15 is 0 Å². The van der Waals surface area contributed by atoms with Crippen LogP contribution in [0.3, 0.4) is 0 Å². The molecule has 154 valence electrons. The number of hydrogen-bond acceptors (Lipinski definition) is 7. The topological polar surface area (TPSA) is 127 Å². The van der Waals surface area contributed by atoms with Gasteiger partial charge in [-0.3, -0.25) is 4.79 Å². The molecule has 0 radical (unpaired) electrons. The number of benzene rings is 2. The van der Waals surface area contributed by atoms with E-state index in [9.17, 15) is 30.3 Å². The molecule has 1 aliphatic heterocycles. The maximum Gasteiger partial charge on any atom is 0.189 e. The molecule has 7 nitrogen and oxygen atoms in total. The lowest BCUT2D eigenvalue weighted by atomic mass is 9.88. The SMILES string of the molecule is Cc1ccc(/C=C\C(=O)c2c(O)cccc2[C@@H]2O[C@H](CO)[C@@H](O)[C@H](O)[C@H]2O)cc1. The molecule has 7 heteroatoms. The van der Waals surface area contributed by atoms with Gasteiger partial charge in [-0.1, -0.05) is 48.0 Å². The molecule has 1 heterocycles. The fourth-order valence-electron chi connectivity index (χ4n) is 3.35. The number of hydrogen-bond donors (Lipinski definition) is 5. The summed E-state index contributed by atoms with van der Waals surface area (Å²) in [5.41, 5.74) is 1.95. The van der Waals surface area contributed by atoms with Crippen molar-refractivity contribution in [3.8, 4) is 5.75 Å². The molecule has 0 aromatic heterocycles. The minimum atomic E-state index is -1.58. The minimum Gasteiger partial charge on any atom is -0.507 e. The normalized spacial score (nSPS) is 27.3. The van der Waals surface area contributed by atoms with Crippen LogP contribution in [0.25, 0.3) is 6.08 Å². The summed E-state index contributed by atoms with van der Waals surface area (Å²) in [5.74, 6) is -0.825. The summed E-state index contributed by atoms with van der Waals surface area (Å²) in [5, 5.41) is 50.1. The average Bonchev–Trinajstić information content (AvgIpc) is 2.71. The van der Waals surface area contributed by atoms with Gasteiger partial charge in [-0.15, -0.1) is 0 Å². The molecule has 29 heavy (non-hydrogen) atoms. The Labute approximate surface area is 168 Å². The van der Waals surface area contributed by atoms with Crippen LogP contribution < -0.4 is 0 Å². The van der Waals surface area contributed by atoms with E-state index < -0.39 is 42.9 Å². The Morgan fingerprint density at radius 3 is 2.38 bits per heavy atom. The first kappa shape index (κ1) is 21.2. The zero-order chi connectivity index (χ0) is 21.1. The zero-order valence-electron chi connectivity index (χ0n) is 15.8. The van der Waals surface area contributed by atoms with E-state index in [-0.39, 0.29) is 16.9 Å². The van der Waals surface area contributed by atoms with Crippen LogP contribution in [-0.4, -0.2) is 62.3 Å². The van der Waals surface area contributed by atoms with E-state index in [4.69, 9.17) is 4.74 Å². The number of phenols is 1. The number of aliphatic hydroxyl groups is 4. The molecule has 0 unspecified atom stereocenters. The summed E-state index contributed by atoms with van der Waals surface area (Å²) in [6.07, 6.45) is -4.08. The first-order valence-electron chi connectivity index (χ1n) is 9.25. The second-order valence-corrected chi connectivity index (χ2v) is 7.10. The highest BCUT2D eigenvalue weighted by atomic mass is 16.5. The van der Waals surface area contributed by atoms with E-state index in [2.05, 4.69) is 0 Å². The number of carbonyl (C=O) groups excluding carboxylic acids is 1. The summed E-state index contributed by atoms with van der Waals surface area (Å²) in [4.78, 5) is 12.8. The van der Waals surface area contributed by atoms with Crippen LogP contribution >= 0.6 is 0 Å². The summed E-state index contributed by atoms with van der Waals surface area (Å²) in [7, 11) is 0. The summed E-state index contributed by atoms with van der Waals surface area (Å²) >= 11 is 0. The third-order valence-corrected chi connectivity index (χ3v) is 5.02. The molecule has 1 saturated heterocycles. The van der Waals surface area contributed by atoms with Crippen molar-refractivity contribution in [1.29, 1.82) is 0 Å². The molecule has 0 amide bonds. The van der Waals surface area contributed by atoms with Crippen molar-refractivity contribution in [2.75, 3.05) is 6.61 Å². The van der Waals surface area contributed by atoms with Crippen LogP contribution in [0.2, 0.25) is 0 Å². The number of ketones is 1. The van der Waals surface area contributed by atoms with Crippen LogP contribution in [0.4, 0.5) is 0 Å². The predicted molar refractivity (Wildman–Crippen MR) is 105 cm³/mol. The maximum absolute atomic E-state index is 12.8. The van der Waals surface area contributed by atoms with Crippen molar-refractivity contribution >= 4 is 11.9 Å². The van der Waals surface area contributed by atoms with Crippen LogP contribution in [-0.2, 0) is 4.74 Å². The molecule has 5 atom stereocenters. The van der Waals surface area contributed by atoms with Gasteiger partial charge < -0.3 is 30.3 Å². The quantitative estimate of drug-likeness (QED) is 0.376. The molecular weight excluding hydrogens is 376 g/mol. The van der Waals surface area contributed by atoms with Crippen molar-refractivity contribution < 1.29 is 35.1 Å². The van der Waals surface area contributed by atoms with Gasteiger partial charge in [-0.05, 0) is 30.2 Å². The van der Waals surface area contributed by atoms with Gasteiger partial charge in [0.25, 0.3) is 0 Å². The van der Waals surface area contributed by atoms with Gasteiger partial charge in [0, 0.05) is 0 Å². The van der Waals surface area contributed by atoms with E-state index in [1.165, 1.54) is 24.3 Å². The number of aryl methyl sites for hydroxylation is 1. The van der Waals surface area contributed by atoms with Gasteiger partial charge >= 0.3 is 0 Å². The average molecular weight is 400 g/mol. The van der Waals surface area contributed by atoms with Crippen molar-refractivity contribution in [3.63, 3.8) is 0 Å². The van der Waals surface area contributed by atoms with Gasteiger partial charge in [0.1, 0.15) is 36.3 Å². The van der Waals surface area contributed by atoms with Crippen LogP contribution in [0.5, 0.6) is 5.75 Å². The van der Waals surface area contributed by atoms with Crippen molar-refractivity contribution in [2.45, 2.75) is 37.4 Å². The molecule has 0 bridgehead atoms. The molecular formula is C22H24O7. The molecule has 1 fully saturated rings. The number of phenolic OH excluding ortho intramolecular Hbond substituents is 1. The van der Waals surface area contributed by atoms with E-state index in [1.54, 1.807) is 6.08 Å². The summed E-state index contributed by atoms with van der Waals surface area (Å²) in [6, 6.07) is 11.8. The highest BCUT2D eigenvalue weighted by Crippen LogP contribution is 2.37. The van der Waals surface area contributed by atoms with Crippen LogP contribution in [0.1, 0.15) is 33.2 Å². The van der Waals surface area contributed by atoms with Gasteiger partial charge in [-0.25, -0.2) is 0 Å². The lowest BCUT2D eigenvalue weighted by Gasteiger charge is -2.40. The van der Waals surface area contributed by atoms with Gasteiger partial charge in [-0.2, -0.15) is 0 Å². The highest BCUT2D eigenvalue weighted by molar-refractivity contribution is 6.09. The summed E-state index contributed by atoms with van der Waals surface area (Å²) < 4.78 is 5.54. The third-order valence-electron chi connectivity index (χ3n) is 5.02. The third kappa shape index (κ3) is 4.39. The Morgan fingerprint density at radius 1 is 1.03 bits per heavy atom. The fraction of sp³-hybridized carbons (Fsp3) is 0.318. The lowest BCUT2D eigenvalue weighted by Crippen LogP contribution is -2.55. The molecule has 0 spiro atoms. The molecule has 0 saturated carbocycles. The molecule has 3 rings (SSSR count). The van der Waals surface area contributed by atoms with Gasteiger partial charge in [0.2, 0.25) is 0 Å². The van der Waals surface area contributed by atoms with Crippen LogP contribution in [0.15, 0.2) is 48.5 Å². The number of allylic oxidation sites excluding steroid dienone is 1. The molecule has 1 aliphatic rings. The fourth-order valence-corrected chi connectivity index (χ4v) is 3.35. The first-order valence-corrected chi connectivity index (χ1v) is 9.25. The highest BCUT2D eigenvalue weighted by Gasteiger charge is 2.45. The number of aromatic hydroxyl groups is 1. The number of ether oxygens (including phenoxy) is 1. The summed E-state index contributed by atoms with van der Waals surface area (Å²) in [6.45, 7) is 1.37. The standard InChI is InChI=1S/C22H24O7/c1-12-5-7-13(8-6-12)9-10-16(25)18-14(3-2-4-15(18)24)22-21(28)20(27)19(26)17(11-23)29-22/h2-10,17,19-24,26-28H,11H2,1H3/b10-9-/t17-,19-,20+,21-,22+/m1/s1. The van der Waals surface area contributed by atoms with Crippen molar-refractivity contribution in [3.05, 3.63) is 70.8 Å². The van der Waals surface area contributed by atoms with E-state index in [1.807, 2.05) is 31.2 Å². The Kier molecular flexibility index (Phi) is 6.46. The number of rotatable bonds is 5. The molecule has 2 aromatic carbocycles. The Bertz CT molecular complexity index is 889. The predicted octanol–water partition coefficient (Wildman–Crippen LogP) is 1.11. The van der Waals surface area contributed by atoms with Gasteiger partial charge in [0.15, 0.2) is 5.78 Å². The molecule has 5 N–H and O–H groups in total. The Balaban J connectivity index is 1.94. The first-order chi connectivity index (χ1) is 13.8. The van der Waals surface area contributed by atoms with E-state index in [0.717, 1.165) is 11.1 Å². The Morgan fingerprint density at radius 2 is 1.72 bits per heavy atom. The minimum absolute atomic E-state index is 0.0832. The second-order valence-electron chi connectivity index (χ2n) is 7.10. The zero-order valence-corrected chi connectivity index (χ0v) is 15.8. The van der Waals surface area contributed by atoms with Crippen LogP contribution in [0, 0.1) is 6.92 Å². The molecule has 2 aromatic rings. The maximum atomic E-state index is 12.8. The monoisotopic (exact) mass is 400 g/mol. The largest absolute Gasteiger partial charge is 0.507 e. The Hall–Kier alpha value is -2.55. The van der Waals surface area contributed by atoms with E-state index in [0.29, 0.717) is 0 Å². The smallest absolute Gasteiger partial charge is 0.189 e. The number of aliphatic hydroxyl groups excluding tert-OH is 4. The molecule has 0 aliphatic carbocycles.